The maximum atomic E-state index is 11.4. The molecule has 0 bridgehead atoms. The minimum atomic E-state index is -0.173. The Balaban J connectivity index is 2.42. The van der Waals surface area contributed by atoms with E-state index in [2.05, 4.69) is 36.4 Å². The Labute approximate surface area is 113 Å². The summed E-state index contributed by atoms with van der Waals surface area (Å²) in [4.78, 5) is 11.4. The summed E-state index contributed by atoms with van der Waals surface area (Å²) in [5.74, 6) is -0.0310. The number of benzene rings is 1. The molecule has 1 aromatic heterocycles. The molecule has 0 unspecified atom stereocenters. The first-order chi connectivity index (χ1) is 9.17. The van der Waals surface area contributed by atoms with Gasteiger partial charge in [-0.15, -0.1) is 6.58 Å². The molecule has 100 valence electrons. The van der Waals surface area contributed by atoms with Gasteiger partial charge in [0.15, 0.2) is 0 Å². The summed E-state index contributed by atoms with van der Waals surface area (Å²) in [6.07, 6.45) is 4.39. The SMILES string of the molecule is C=CCn1cc([C@@H](C)CC(=O)OC)c2ccccc21. The lowest BCUT2D eigenvalue weighted by molar-refractivity contribution is -0.140. The van der Waals surface area contributed by atoms with Crippen LogP contribution in [0.5, 0.6) is 0 Å². The number of rotatable bonds is 5. The van der Waals surface area contributed by atoms with Crippen LogP contribution < -0.4 is 0 Å². The molecule has 0 saturated heterocycles. The Morgan fingerprint density at radius 1 is 1.47 bits per heavy atom. The highest BCUT2D eigenvalue weighted by molar-refractivity contribution is 5.85. The van der Waals surface area contributed by atoms with Gasteiger partial charge in [-0.3, -0.25) is 4.79 Å². The van der Waals surface area contributed by atoms with Crippen LogP contribution in [0.1, 0.15) is 24.8 Å². The fraction of sp³-hybridized carbons (Fsp3) is 0.312. The van der Waals surface area contributed by atoms with Gasteiger partial charge in [-0.2, -0.15) is 0 Å². The predicted molar refractivity (Wildman–Crippen MR) is 77.2 cm³/mol. The highest BCUT2D eigenvalue weighted by atomic mass is 16.5. The molecular formula is C16H19NO2. The molecule has 3 heteroatoms. The summed E-state index contributed by atoms with van der Waals surface area (Å²) in [5, 5.41) is 1.20. The van der Waals surface area contributed by atoms with Gasteiger partial charge in [0.2, 0.25) is 0 Å². The second kappa shape index (κ2) is 5.74. The smallest absolute Gasteiger partial charge is 0.306 e. The number of aromatic nitrogens is 1. The van der Waals surface area contributed by atoms with Gasteiger partial charge in [-0.05, 0) is 17.5 Å². The second-order valence-electron chi connectivity index (χ2n) is 4.72. The van der Waals surface area contributed by atoms with Crippen LogP contribution in [0.4, 0.5) is 0 Å². The predicted octanol–water partition coefficient (Wildman–Crippen LogP) is 3.49. The first-order valence-electron chi connectivity index (χ1n) is 6.42. The first kappa shape index (κ1) is 13.4. The second-order valence-corrected chi connectivity index (χ2v) is 4.72. The standard InChI is InChI=1S/C16H19NO2/c1-4-9-17-11-14(12(2)10-16(18)19-3)13-7-5-6-8-15(13)17/h4-8,11-12H,1,9-10H2,2-3H3/t12-/m0/s1. The van der Waals surface area contributed by atoms with E-state index in [0.717, 1.165) is 6.54 Å². The molecule has 0 radical (unpaired) electrons. The summed E-state index contributed by atoms with van der Waals surface area (Å²) < 4.78 is 6.90. The van der Waals surface area contributed by atoms with Crippen LogP contribution in [-0.4, -0.2) is 17.6 Å². The molecule has 1 heterocycles. The summed E-state index contributed by atoms with van der Waals surface area (Å²) in [5.41, 5.74) is 2.36. The average Bonchev–Trinajstić information content (AvgIpc) is 2.78. The zero-order valence-corrected chi connectivity index (χ0v) is 11.4. The molecule has 0 aliphatic heterocycles. The Kier molecular flexibility index (Phi) is 4.05. The fourth-order valence-electron chi connectivity index (χ4n) is 2.40. The van der Waals surface area contributed by atoms with Gasteiger partial charge in [-0.1, -0.05) is 31.2 Å². The van der Waals surface area contributed by atoms with Crippen LogP contribution in [0.2, 0.25) is 0 Å². The van der Waals surface area contributed by atoms with Crippen molar-refractivity contribution in [3.05, 3.63) is 48.7 Å². The molecule has 0 amide bonds. The van der Waals surface area contributed by atoms with Crippen molar-refractivity contribution in [3.8, 4) is 0 Å². The molecule has 0 spiro atoms. The van der Waals surface area contributed by atoms with Gasteiger partial charge >= 0.3 is 5.97 Å². The van der Waals surface area contributed by atoms with Crippen molar-refractivity contribution in [2.45, 2.75) is 25.8 Å². The van der Waals surface area contributed by atoms with E-state index in [1.54, 1.807) is 0 Å². The molecule has 3 nitrogen and oxygen atoms in total. The van der Waals surface area contributed by atoms with Crippen molar-refractivity contribution >= 4 is 16.9 Å². The first-order valence-corrected chi connectivity index (χ1v) is 6.42. The number of ether oxygens (including phenoxy) is 1. The highest BCUT2D eigenvalue weighted by Gasteiger charge is 2.16. The summed E-state index contributed by atoms with van der Waals surface area (Å²) >= 11 is 0. The van der Waals surface area contributed by atoms with Crippen molar-refractivity contribution < 1.29 is 9.53 Å². The number of carbonyl (C=O) groups is 1. The fourth-order valence-corrected chi connectivity index (χ4v) is 2.40. The Morgan fingerprint density at radius 2 is 2.21 bits per heavy atom. The molecule has 0 aliphatic rings. The van der Waals surface area contributed by atoms with E-state index < -0.39 is 0 Å². The third-order valence-corrected chi connectivity index (χ3v) is 3.38. The Bertz CT molecular complexity index is 598. The number of allylic oxidation sites excluding steroid dienone is 1. The van der Waals surface area contributed by atoms with E-state index >= 15 is 0 Å². The van der Waals surface area contributed by atoms with Crippen LogP contribution in [0.3, 0.4) is 0 Å². The number of hydrogen-bond acceptors (Lipinski definition) is 2. The van der Waals surface area contributed by atoms with Crippen LogP contribution in [-0.2, 0) is 16.1 Å². The van der Waals surface area contributed by atoms with Crippen molar-refractivity contribution in [2.75, 3.05) is 7.11 Å². The zero-order chi connectivity index (χ0) is 13.8. The van der Waals surface area contributed by atoms with Crippen molar-refractivity contribution in [3.63, 3.8) is 0 Å². The maximum absolute atomic E-state index is 11.4. The molecule has 2 aromatic rings. The van der Waals surface area contributed by atoms with E-state index in [9.17, 15) is 4.79 Å². The average molecular weight is 257 g/mol. The van der Waals surface area contributed by atoms with E-state index in [-0.39, 0.29) is 11.9 Å². The summed E-state index contributed by atoms with van der Waals surface area (Å²) in [6.45, 7) is 6.61. The number of nitrogens with zero attached hydrogens (tertiary/aromatic N) is 1. The van der Waals surface area contributed by atoms with E-state index in [4.69, 9.17) is 4.74 Å². The van der Waals surface area contributed by atoms with Gasteiger partial charge in [-0.25, -0.2) is 0 Å². The molecule has 19 heavy (non-hydrogen) atoms. The zero-order valence-electron chi connectivity index (χ0n) is 11.4. The lowest BCUT2D eigenvalue weighted by Gasteiger charge is -2.08. The molecule has 0 fully saturated rings. The normalized spacial score (nSPS) is 12.3. The largest absolute Gasteiger partial charge is 0.469 e. The van der Waals surface area contributed by atoms with Gasteiger partial charge in [0.05, 0.1) is 13.5 Å². The van der Waals surface area contributed by atoms with Crippen LogP contribution in [0.15, 0.2) is 43.1 Å². The molecule has 1 aromatic carbocycles. The van der Waals surface area contributed by atoms with Gasteiger partial charge in [0.1, 0.15) is 0 Å². The number of carbonyl (C=O) groups excluding carboxylic acids is 1. The van der Waals surface area contributed by atoms with Crippen molar-refractivity contribution in [1.29, 1.82) is 0 Å². The molecule has 0 saturated carbocycles. The minimum Gasteiger partial charge on any atom is -0.469 e. The maximum Gasteiger partial charge on any atom is 0.306 e. The molecular weight excluding hydrogens is 238 g/mol. The number of fused-ring (bicyclic) bond motifs is 1. The quantitative estimate of drug-likeness (QED) is 0.606. The van der Waals surface area contributed by atoms with E-state index in [1.165, 1.54) is 23.6 Å². The lowest BCUT2D eigenvalue weighted by atomic mass is 9.97. The lowest BCUT2D eigenvalue weighted by Crippen LogP contribution is -2.05. The van der Waals surface area contributed by atoms with Crippen LogP contribution in [0.25, 0.3) is 10.9 Å². The molecule has 2 rings (SSSR count). The summed E-state index contributed by atoms with van der Waals surface area (Å²) in [7, 11) is 1.43. The topological polar surface area (TPSA) is 31.2 Å². The van der Waals surface area contributed by atoms with Gasteiger partial charge < -0.3 is 9.30 Å². The minimum absolute atomic E-state index is 0.142. The van der Waals surface area contributed by atoms with Crippen molar-refractivity contribution in [1.82, 2.24) is 4.57 Å². The number of esters is 1. The van der Waals surface area contributed by atoms with Gasteiger partial charge in [0, 0.05) is 23.6 Å². The Hall–Kier alpha value is -2.03. The van der Waals surface area contributed by atoms with Gasteiger partial charge in [0.25, 0.3) is 0 Å². The number of para-hydroxylation sites is 1. The molecule has 0 aliphatic carbocycles. The Morgan fingerprint density at radius 3 is 2.89 bits per heavy atom. The monoisotopic (exact) mass is 257 g/mol. The van der Waals surface area contributed by atoms with Crippen molar-refractivity contribution in [2.24, 2.45) is 0 Å². The van der Waals surface area contributed by atoms with E-state index in [1.807, 2.05) is 18.2 Å². The molecule has 0 N–H and O–H groups in total. The number of methoxy groups -OCH3 is 1. The van der Waals surface area contributed by atoms with E-state index in [0.29, 0.717) is 6.42 Å². The molecule has 1 atom stereocenters. The highest BCUT2D eigenvalue weighted by Crippen LogP contribution is 2.29. The third-order valence-electron chi connectivity index (χ3n) is 3.38. The number of hydrogen-bond donors (Lipinski definition) is 0. The summed E-state index contributed by atoms with van der Waals surface area (Å²) in [6, 6.07) is 8.23. The van der Waals surface area contributed by atoms with Crippen LogP contribution in [0, 0.1) is 0 Å². The van der Waals surface area contributed by atoms with Crippen LogP contribution >= 0.6 is 0 Å². The third kappa shape index (κ3) is 2.70.